The second kappa shape index (κ2) is 6.05. The maximum absolute atomic E-state index is 5.11. The lowest BCUT2D eigenvalue weighted by molar-refractivity contribution is 0.484. The highest BCUT2D eigenvalue weighted by Gasteiger charge is 1.95. The molecule has 2 heteroatoms. The second-order valence-corrected chi connectivity index (χ2v) is 2.61. The van der Waals surface area contributed by atoms with Crippen LogP contribution in [0.2, 0.25) is 0 Å². The summed E-state index contributed by atoms with van der Waals surface area (Å²) in [7, 11) is 0. The first kappa shape index (κ1) is 8.92. The van der Waals surface area contributed by atoms with Crippen molar-refractivity contribution in [3.05, 3.63) is 0 Å². The fourth-order valence-corrected chi connectivity index (χ4v) is 0.757. The topological polar surface area (TPSA) is 38.0 Å². The summed E-state index contributed by atoms with van der Waals surface area (Å²) >= 11 is 0. The summed E-state index contributed by atoms with van der Waals surface area (Å²) in [6, 6.07) is 0. The molecule has 1 atom stereocenters. The lowest BCUT2D eigenvalue weighted by Crippen LogP contribution is -2.23. The van der Waals surface area contributed by atoms with E-state index in [1.165, 1.54) is 19.3 Å². The number of rotatable bonds is 5. The van der Waals surface area contributed by atoms with Crippen LogP contribution >= 0.6 is 0 Å². The third-order valence-corrected chi connectivity index (χ3v) is 1.71. The quantitative estimate of drug-likeness (QED) is 0.334. The van der Waals surface area contributed by atoms with E-state index < -0.39 is 0 Å². The van der Waals surface area contributed by atoms with Gasteiger partial charge in [-0.05, 0) is 18.8 Å². The number of hydrogen-bond donors (Lipinski definition) is 2. The van der Waals surface area contributed by atoms with Crippen molar-refractivity contribution in [1.29, 1.82) is 0 Å². The monoisotopic (exact) mass is 130 g/mol. The Morgan fingerprint density at radius 2 is 2.22 bits per heavy atom. The van der Waals surface area contributed by atoms with Crippen molar-refractivity contribution in [3.63, 3.8) is 0 Å². The Morgan fingerprint density at radius 3 is 2.67 bits per heavy atom. The van der Waals surface area contributed by atoms with E-state index in [1.807, 2.05) is 0 Å². The molecular formula is C7H18N2. The van der Waals surface area contributed by atoms with Crippen molar-refractivity contribution in [2.24, 2.45) is 11.8 Å². The first-order valence-electron chi connectivity index (χ1n) is 3.74. The van der Waals surface area contributed by atoms with Crippen LogP contribution in [0, 0.1) is 5.92 Å². The van der Waals surface area contributed by atoms with Gasteiger partial charge in [-0.25, -0.2) is 0 Å². The molecule has 0 bridgehead atoms. The van der Waals surface area contributed by atoms with Gasteiger partial charge in [-0.2, -0.15) is 0 Å². The normalized spacial score (nSPS) is 13.7. The van der Waals surface area contributed by atoms with E-state index in [4.69, 9.17) is 5.84 Å². The average molecular weight is 130 g/mol. The van der Waals surface area contributed by atoms with Gasteiger partial charge in [0, 0.05) is 6.54 Å². The minimum absolute atomic E-state index is 0.860. The molecule has 9 heavy (non-hydrogen) atoms. The maximum Gasteiger partial charge on any atom is 0.00975 e. The third kappa shape index (κ3) is 5.80. The number of hydrogen-bond acceptors (Lipinski definition) is 2. The molecule has 0 rings (SSSR count). The van der Waals surface area contributed by atoms with Gasteiger partial charge in [0.25, 0.3) is 0 Å². The zero-order chi connectivity index (χ0) is 7.11. The van der Waals surface area contributed by atoms with E-state index in [1.54, 1.807) is 0 Å². The minimum Gasteiger partial charge on any atom is -0.271 e. The molecule has 56 valence electrons. The summed E-state index contributed by atoms with van der Waals surface area (Å²) in [5.74, 6) is 5.97. The van der Waals surface area contributed by atoms with Crippen molar-refractivity contribution in [2.75, 3.05) is 6.54 Å². The molecule has 0 radical (unpaired) electrons. The number of hydrazine groups is 1. The van der Waals surface area contributed by atoms with Gasteiger partial charge in [-0.3, -0.25) is 11.3 Å². The van der Waals surface area contributed by atoms with Gasteiger partial charge in [0.15, 0.2) is 0 Å². The second-order valence-electron chi connectivity index (χ2n) is 2.61. The van der Waals surface area contributed by atoms with Gasteiger partial charge < -0.3 is 0 Å². The van der Waals surface area contributed by atoms with Crippen LogP contribution < -0.4 is 11.3 Å². The van der Waals surface area contributed by atoms with Crippen molar-refractivity contribution in [3.8, 4) is 0 Å². The van der Waals surface area contributed by atoms with Crippen LogP contribution in [0.15, 0.2) is 0 Å². The molecule has 0 fully saturated rings. The highest BCUT2D eigenvalue weighted by atomic mass is 15.2. The third-order valence-electron chi connectivity index (χ3n) is 1.71. The van der Waals surface area contributed by atoms with Crippen LogP contribution in [0.1, 0.15) is 33.1 Å². The van der Waals surface area contributed by atoms with Gasteiger partial charge in [0.1, 0.15) is 0 Å². The molecule has 0 amide bonds. The predicted molar refractivity (Wildman–Crippen MR) is 40.9 cm³/mol. The molecule has 0 aromatic heterocycles. The SMILES string of the molecule is CCC(C)CCCNN. The first-order chi connectivity index (χ1) is 4.31. The van der Waals surface area contributed by atoms with Gasteiger partial charge in [-0.1, -0.05) is 20.3 Å². The Balaban J connectivity index is 2.88. The van der Waals surface area contributed by atoms with Gasteiger partial charge in [0.05, 0.1) is 0 Å². The van der Waals surface area contributed by atoms with E-state index in [0.29, 0.717) is 0 Å². The molecule has 0 heterocycles. The van der Waals surface area contributed by atoms with E-state index in [-0.39, 0.29) is 0 Å². The summed E-state index contributed by atoms with van der Waals surface area (Å²) in [6.07, 6.45) is 3.77. The highest BCUT2D eigenvalue weighted by molar-refractivity contribution is 4.50. The van der Waals surface area contributed by atoms with E-state index in [0.717, 1.165) is 12.5 Å². The van der Waals surface area contributed by atoms with Gasteiger partial charge in [-0.15, -0.1) is 0 Å². The van der Waals surface area contributed by atoms with Crippen LogP contribution in [0.5, 0.6) is 0 Å². The van der Waals surface area contributed by atoms with Crippen LogP contribution in [0.25, 0.3) is 0 Å². The summed E-state index contributed by atoms with van der Waals surface area (Å²) in [6.45, 7) is 5.45. The molecule has 0 aromatic carbocycles. The molecular weight excluding hydrogens is 112 g/mol. The molecule has 0 aliphatic carbocycles. The Hall–Kier alpha value is -0.0800. The largest absolute Gasteiger partial charge is 0.271 e. The average Bonchev–Trinajstić information content (AvgIpc) is 1.89. The maximum atomic E-state index is 5.11. The smallest absolute Gasteiger partial charge is 0.00975 e. The number of nitrogens with two attached hydrogens (primary N) is 1. The summed E-state index contributed by atoms with van der Waals surface area (Å²) < 4.78 is 0. The van der Waals surface area contributed by atoms with Crippen LogP contribution in [0.3, 0.4) is 0 Å². The molecule has 2 nitrogen and oxygen atoms in total. The Bertz CT molecular complexity index is 54.9. The first-order valence-corrected chi connectivity index (χ1v) is 3.74. The fraction of sp³-hybridized carbons (Fsp3) is 1.00. The predicted octanol–water partition coefficient (Wildman–Crippen LogP) is 1.28. The highest BCUT2D eigenvalue weighted by Crippen LogP contribution is 2.07. The zero-order valence-electron chi connectivity index (χ0n) is 6.48. The molecule has 0 aliphatic rings. The zero-order valence-corrected chi connectivity index (χ0v) is 6.48. The van der Waals surface area contributed by atoms with E-state index in [2.05, 4.69) is 19.3 Å². The molecule has 0 saturated carbocycles. The Kier molecular flexibility index (Phi) is 5.99. The fourth-order valence-electron chi connectivity index (χ4n) is 0.757. The lowest BCUT2D eigenvalue weighted by atomic mass is 10.0. The van der Waals surface area contributed by atoms with Crippen molar-refractivity contribution in [2.45, 2.75) is 33.1 Å². The summed E-state index contributed by atoms with van der Waals surface area (Å²) in [5, 5.41) is 0. The molecule has 3 N–H and O–H groups in total. The standard InChI is InChI=1S/C7H18N2/c1-3-7(2)5-4-6-9-8/h7,9H,3-6,8H2,1-2H3. The van der Waals surface area contributed by atoms with Crippen LogP contribution in [-0.4, -0.2) is 6.54 Å². The lowest BCUT2D eigenvalue weighted by Gasteiger charge is -2.05. The Morgan fingerprint density at radius 1 is 1.56 bits per heavy atom. The molecule has 1 unspecified atom stereocenters. The minimum atomic E-state index is 0.860. The van der Waals surface area contributed by atoms with Gasteiger partial charge >= 0.3 is 0 Å². The Labute approximate surface area is 57.8 Å². The molecule has 0 aromatic rings. The van der Waals surface area contributed by atoms with Crippen molar-refractivity contribution in [1.82, 2.24) is 5.43 Å². The van der Waals surface area contributed by atoms with Crippen molar-refractivity contribution >= 4 is 0 Å². The molecule has 0 aliphatic heterocycles. The number of nitrogens with one attached hydrogen (secondary N) is 1. The van der Waals surface area contributed by atoms with Crippen LogP contribution in [0.4, 0.5) is 0 Å². The summed E-state index contributed by atoms with van der Waals surface area (Å²) in [5.41, 5.74) is 2.65. The van der Waals surface area contributed by atoms with Crippen LogP contribution in [-0.2, 0) is 0 Å². The van der Waals surface area contributed by atoms with Gasteiger partial charge in [0.2, 0.25) is 0 Å². The van der Waals surface area contributed by atoms with E-state index in [9.17, 15) is 0 Å². The van der Waals surface area contributed by atoms with E-state index >= 15 is 0 Å². The molecule has 0 spiro atoms. The van der Waals surface area contributed by atoms with Crippen molar-refractivity contribution < 1.29 is 0 Å². The molecule has 0 saturated heterocycles. The summed E-state index contributed by atoms with van der Waals surface area (Å²) in [4.78, 5) is 0.